The zero-order chi connectivity index (χ0) is 14.9. The lowest BCUT2D eigenvalue weighted by Crippen LogP contribution is -2.24. The van der Waals surface area contributed by atoms with E-state index in [0.717, 1.165) is 12.8 Å². The number of amides is 1. The maximum atomic E-state index is 12.1. The smallest absolute Gasteiger partial charge is 0.245 e. The number of nitriles is 1. The van der Waals surface area contributed by atoms with Crippen molar-refractivity contribution in [3.8, 4) is 11.9 Å². The van der Waals surface area contributed by atoms with E-state index in [-0.39, 0.29) is 17.9 Å². The van der Waals surface area contributed by atoms with E-state index in [1.807, 2.05) is 6.92 Å². The van der Waals surface area contributed by atoms with Crippen LogP contribution in [0.4, 0.5) is 5.69 Å². The van der Waals surface area contributed by atoms with E-state index in [1.165, 1.54) is 12.8 Å². The van der Waals surface area contributed by atoms with E-state index in [1.54, 1.807) is 18.3 Å². The molecule has 3 rings (SSSR count). The van der Waals surface area contributed by atoms with Crippen LogP contribution in [0.15, 0.2) is 18.3 Å². The van der Waals surface area contributed by atoms with Crippen LogP contribution < -0.4 is 10.1 Å². The number of ether oxygens (including phenoxy) is 1. The highest BCUT2D eigenvalue weighted by Crippen LogP contribution is 2.52. The lowest BCUT2D eigenvalue weighted by Gasteiger charge is -2.13. The molecule has 1 N–H and O–H groups in total. The highest BCUT2D eigenvalue weighted by atomic mass is 16.5. The van der Waals surface area contributed by atoms with Gasteiger partial charge in [0.05, 0.1) is 18.0 Å². The van der Waals surface area contributed by atoms with Gasteiger partial charge in [0.2, 0.25) is 11.8 Å². The third-order valence-electron chi connectivity index (χ3n) is 4.50. The van der Waals surface area contributed by atoms with Crippen LogP contribution in [0, 0.1) is 22.7 Å². The van der Waals surface area contributed by atoms with Crippen molar-refractivity contribution >= 4 is 11.6 Å². The Morgan fingerprint density at radius 2 is 2.19 bits per heavy atom. The van der Waals surface area contributed by atoms with Crippen molar-refractivity contribution in [1.29, 1.82) is 5.26 Å². The molecule has 21 heavy (non-hydrogen) atoms. The largest absolute Gasteiger partial charge is 0.474 e. The number of hydrogen-bond donors (Lipinski definition) is 1. The van der Waals surface area contributed by atoms with Crippen LogP contribution in [0.5, 0.6) is 5.88 Å². The fourth-order valence-corrected chi connectivity index (χ4v) is 2.89. The highest BCUT2D eigenvalue weighted by molar-refractivity contribution is 5.99. The molecule has 110 valence electrons. The molecule has 0 spiro atoms. The van der Waals surface area contributed by atoms with Gasteiger partial charge in [0.1, 0.15) is 11.5 Å². The van der Waals surface area contributed by atoms with Gasteiger partial charge in [-0.15, -0.1) is 0 Å². The quantitative estimate of drug-likeness (QED) is 0.923. The summed E-state index contributed by atoms with van der Waals surface area (Å²) in [6.07, 6.45) is 7.09. The second kappa shape index (κ2) is 5.36. The standard InChI is InChI=1S/C16H19N3O2/c1-11-8-16(11,10-17)15(20)19-12-6-7-14(18-9-12)21-13-4-2-3-5-13/h6-7,9,11,13H,2-5,8H2,1H3,(H,19,20)/t11-,16+/m1/s1. The minimum absolute atomic E-state index is 0.125. The number of nitrogens with one attached hydrogen (secondary N) is 1. The summed E-state index contributed by atoms with van der Waals surface area (Å²) in [6.45, 7) is 1.92. The Hall–Kier alpha value is -2.09. The van der Waals surface area contributed by atoms with Crippen molar-refractivity contribution in [2.75, 3.05) is 5.32 Å². The van der Waals surface area contributed by atoms with E-state index in [2.05, 4.69) is 16.4 Å². The van der Waals surface area contributed by atoms with Gasteiger partial charge >= 0.3 is 0 Å². The summed E-state index contributed by atoms with van der Waals surface area (Å²) in [7, 11) is 0. The average Bonchev–Trinajstić information content (AvgIpc) is 2.91. The number of nitrogens with zero attached hydrogens (tertiary/aromatic N) is 2. The molecule has 5 nitrogen and oxygen atoms in total. The van der Waals surface area contributed by atoms with Crippen molar-refractivity contribution in [2.45, 2.75) is 45.1 Å². The molecule has 2 fully saturated rings. The topological polar surface area (TPSA) is 75.0 Å². The summed E-state index contributed by atoms with van der Waals surface area (Å²) in [5.74, 6) is 0.485. The molecule has 2 atom stereocenters. The van der Waals surface area contributed by atoms with Crippen molar-refractivity contribution in [3.05, 3.63) is 18.3 Å². The first kappa shape index (κ1) is 13.9. The molecule has 2 saturated carbocycles. The summed E-state index contributed by atoms with van der Waals surface area (Å²) < 4.78 is 5.78. The van der Waals surface area contributed by atoms with Crippen LogP contribution in [0.3, 0.4) is 0 Å². The lowest BCUT2D eigenvalue weighted by atomic mass is 10.1. The minimum atomic E-state index is -0.848. The highest BCUT2D eigenvalue weighted by Gasteiger charge is 2.58. The molecular weight excluding hydrogens is 266 g/mol. The summed E-state index contributed by atoms with van der Waals surface area (Å²) in [4.78, 5) is 16.3. The number of hydrogen-bond acceptors (Lipinski definition) is 4. The maximum absolute atomic E-state index is 12.1. The van der Waals surface area contributed by atoms with Gasteiger partial charge in [0.25, 0.3) is 0 Å². The Morgan fingerprint density at radius 3 is 2.71 bits per heavy atom. The van der Waals surface area contributed by atoms with Crippen molar-refractivity contribution in [2.24, 2.45) is 11.3 Å². The molecule has 1 aromatic heterocycles. The van der Waals surface area contributed by atoms with Crippen LogP contribution in [-0.4, -0.2) is 17.0 Å². The summed E-state index contributed by atoms with van der Waals surface area (Å²) >= 11 is 0. The first-order valence-corrected chi connectivity index (χ1v) is 7.49. The second-order valence-electron chi connectivity index (χ2n) is 6.05. The van der Waals surface area contributed by atoms with Crippen LogP contribution in [0.1, 0.15) is 39.0 Å². The Kier molecular flexibility index (Phi) is 3.54. The van der Waals surface area contributed by atoms with Crippen LogP contribution in [0.2, 0.25) is 0 Å². The number of carbonyl (C=O) groups excluding carboxylic acids is 1. The molecule has 0 unspecified atom stereocenters. The SMILES string of the molecule is C[C@@H]1C[C@@]1(C#N)C(=O)Nc1ccc(OC2CCCC2)nc1. The minimum Gasteiger partial charge on any atom is -0.474 e. The normalized spacial score (nSPS) is 27.9. The van der Waals surface area contributed by atoms with Gasteiger partial charge in [-0.05, 0) is 44.1 Å². The monoisotopic (exact) mass is 285 g/mol. The Bertz CT molecular complexity index is 572. The first-order valence-electron chi connectivity index (χ1n) is 7.49. The molecular formula is C16H19N3O2. The van der Waals surface area contributed by atoms with Crippen LogP contribution in [-0.2, 0) is 4.79 Å². The molecule has 2 aliphatic rings. The molecule has 1 amide bonds. The van der Waals surface area contributed by atoms with Crippen molar-refractivity contribution < 1.29 is 9.53 Å². The fraction of sp³-hybridized carbons (Fsp3) is 0.562. The van der Waals surface area contributed by atoms with E-state index in [4.69, 9.17) is 10.00 Å². The number of carbonyl (C=O) groups is 1. The van der Waals surface area contributed by atoms with Gasteiger partial charge < -0.3 is 10.1 Å². The molecule has 5 heteroatoms. The molecule has 0 saturated heterocycles. The number of aromatic nitrogens is 1. The fourth-order valence-electron chi connectivity index (χ4n) is 2.89. The molecule has 1 aromatic rings. The number of rotatable bonds is 4. The van der Waals surface area contributed by atoms with Gasteiger partial charge in [-0.25, -0.2) is 4.98 Å². The van der Waals surface area contributed by atoms with Crippen LogP contribution >= 0.6 is 0 Å². The Labute approximate surface area is 124 Å². The van der Waals surface area contributed by atoms with E-state index >= 15 is 0 Å². The molecule has 0 aromatic carbocycles. The Morgan fingerprint density at radius 1 is 1.48 bits per heavy atom. The van der Waals surface area contributed by atoms with Gasteiger partial charge in [0, 0.05) is 6.07 Å². The van der Waals surface area contributed by atoms with Crippen molar-refractivity contribution in [1.82, 2.24) is 4.98 Å². The number of anilines is 1. The summed E-state index contributed by atoms with van der Waals surface area (Å²) in [6, 6.07) is 5.66. The third-order valence-corrected chi connectivity index (χ3v) is 4.50. The number of pyridine rings is 1. The van der Waals surface area contributed by atoms with Crippen LogP contribution in [0.25, 0.3) is 0 Å². The third kappa shape index (κ3) is 2.71. The van der Waals surface area contributed by atoms with E-state index < -0.39 is 5.41 Å². The maximum Gasteiger partial charge on any atom is 0.245 e. The van der Waals surface area contributed by atoms with E-state index in [9.17, 15) is 4.79 Å². The molecule has 2 aliphatic carbocycles. The molecule has 1 heterocycles. The lowest BCUT2D eigenvalue weighted by molar-refractivity contribution is -0.119. The average molecular weight is 285 g/mol. The van der Waals surface area contributed by atoms with Crippen molar-refractivity contribution in [3.63, 3.8) is 0 Å². The molecule has 0 radical (unpaired) electrons. The predicted molar refractivity (Wildman–Crippen MR) is 77.6 cm³/mol. The first-order chi connectivity index (χ1) is 10.1. The van der Waals surface area contributed by atoms with Gasteiger partial charge in [-0.1, -0.05) is 6.92 Å². The zero-order valence-electron chi connectivity index (χ0n) is 12.1. The molecule has 0 aliphatic heterocycles. The Balaban J connectivity index is 1.59. The van der Waals surface area contributed by atoms with Gasteiger partial charge in [-0.3, -0.25) is 4.79 Å². The predicted octanol–water partition coefficient (Wildman–Crippen LogP) is 2.89. The summed E-state index contributed by atoms with van der Waals surface area (Å²) in [5, 5.41) is 11.9. The zero-order valence-corrected chi connectivity index (χ0v) is 12.1. The van der Waals surface area contributed by atoms with E-state index in [0.29, 0.717) is 18.0 Å². The summed E-state index contributed by atoms with van der Waals surface area (Å²) in [5.41, 5.74) is -0.244. The van der Waals surface area contributed by atoms with Gasteiger partial charge in [-0.2, -0.15) is 5.26 Å². The second-order valence-corrected chi connectivity index (χ2v) is 6.05. The molecule has 0 bridgehead atoms. The van der Waals surface area contributed by atoms with Gasteiger partial charge in [0.15, 0.2) is 0 Å².